The molecule has 0 aliphatic heterocycles. The third-order valence-electron chi connectivity index (χ3n) is 4.87. The van der Waals surface area contributed by atoms with E-state index < -0.39 is 16.8 Å². The summed E-state index contributed by atoms with van der Waals surface area (Å²) < 4.78 is 7.41. The summed E-state index contributed by atoms with van der Waals surface area (Å²) in [6.45, 7) is 0.211. The lowest BCUT2D eigenvalue weighted by molar-refractivity contribution is -0.384. The molecule has 1 aromatic heterocycles. The molecule has 0 radical (unpaired) electrons. The highest BCUT2D eigenvalue weighted by Gasteiger charge is 2.13. The molecule has 0 bridgehead atoms. The molecule has 0 unspecified atom stereocenters. The molecule has 4 rings (SSSR count). The SMILES string of the molecule is O=C(O)c1ccc(COc2ccc(Br)cc2/C=N\NC(=O)c2cc3cc([N+](=O)[O-])ccc3s2)cc1. The molecule has 9 nitrogen and oxygen atoms in total. The number of amides is 1. The number of hydrogen-bond acceptors (Lipinski definition) is 7. The molecule has 1 heterocycles. The van der Waals surface area contributed by atoms with Gasteiger partial charge < -0.3 is 9.84 Å². The quantitative estimate of drug-likeness (QED) is 0.165. The first-order valence-electron chi connectivity index (χ1n) is 10.1. The zero-order valence-electron chi connectivity index (χ0n) is 17.8. The second-order valence-electron chi connectivity index (χ2n) is 7.26. The number of nitrogens with zero attached hydrogens (tertiary/aromatic N) is 2. The van der Waals surface area contributed by atoms with Gasteiger partial charge in [-0.05, 0) is 48.0 Å². The molecular formula is C24H16BrN3O6S. The van der Waals surface area contributed by atoms with Crippen LogP contribution >= 0.6 is 27.3 Å². The van der Waals surface area contributed by atoms with Crippen LogP contribution in [-0.2, 0) is 6.61 Å². The van der Waals surface area contributed by atoms with Gasteiger partial charge in [-0.2, -0.15) is 5.10 Å². The van der Waals surface area contributed by atoms with Crippen molar-refractivity contribution >= 4 is 61.1 Å². The fraction of sp³-hybridized carbons (Fsp3) is 0.0417. The monoisotopic (exact) mass is 553 g/mol. The molecule has 4 aromatic rings. The topological polar surface area (TPSA) is 131 Å². The van der Waals surface area contributed by atoms with Crippen molar-refractivity contribution in [2.45, 2.75) is 6.61 Å². The molecular weight excluding hydrogens is 538 g/mol. The first-order valence-corrected chi connectivity index (χ1v) is 11.7. The van der Waals surface area contributed by atoms with Crippen LogP contribution in [0.15, 0.2) is 76.3 Å². The van der Waals surface area contributed by atoms with Crippen molar-refractivity contribution < 1.29 is 24.4 Å². The summed E-state index contributed by atoms with van der Waals surface area (Å²) in [5.74, 6) is -0.924. The molecule has 0 saturated carbocycles. The third-order valence-corrected chi connectivity index (χ3v) is 6.48. The van der Waals surface area contributed by atoms with E-state index in [4.69, 9.17) is 9.84 Å². The Morgan fingerprint density at radius 3 is 2.60 bits per heavy atom. The normalized spacial score (nSPS) is 11.0. The van der Waals surface area contributed by atoms with Gasteiger partial charge in [0, 0.05) is 32.3 Å². The van der Waals surface area contributed by atoms with E-state index in [0.717, 1.165) is 14.7 Å². The maximum atomic E-state index is 12.5. The van der Waals surface area contributed by atoms with Crippen molar-refractivity contribution in [2.75, 3.05) is 0 Å². The van der Waals surface area contributed by atoms with E-state index in [2.05, 4.69) is 26.5 Å². The van der Waals surface area contributed by atoms with Gasteiger partial charge in [-0.3, -0.25) is 14.9 Å². The molecule has 0 aliphatic rings. The number of ether oxygens (including phenoxy) is 1. The number of thiophene rings is 1. The minimum atomic E-state index is -0.997. The highest BCUT2D eigenvalue weighted by atomic mass is 79.9. The molecule has 11 heteroatoms. The van der Waals surface area contributed by atoms with Gasteiger partial charge in [-0.15, -0.1) is 11.3 Å². The van der Waals surface area contributed by atoms with Gasteiger partial charge in [0.1, 0.15) is 12.4 Å². The largest absolute Gasteiger partial charge is 0.488 e. The van der Waals surface area contributed by atoms with Crippen molar-refractivity contribution in [3.63, 3.8) is 0 Å². The first kappa shape index (κ1) is 24.0. The van der Waals surface area contributed by atoms with Crippen LogP contribution in [0.2, 0.25) is 0 Å². The van der Waals surface area contributed by atoms with Crippen LogP contribution in [0.5, 0.6) is 5.75 Å². The number of non-ortho nitro benzene ring substituents is 1. The van der Waals surface area contributed by atoms with Crippen molar-refractivity contribution in [1.29, 1.82) is 0 Å². The van der Waals surface area contributed by atoms with Gasteiger partial charge >= 0.3 is 5.97 Å². The number of carbonyl (C=O) groups excluding carboxylic acids is 1. The van der Waals surface area contributed by atoms with E-state index in [9.17, 15) is 19.7 Å². The molecule has 3 aromatic carbocycles. The Hall–Kier alpha value is -4.09. The molecule has 0 spiro atoms. The van der Waals surface area contributed by atoms with E-state index in [1.54, 1.807) is 42.5 Å². The number of nitro benzene ring substituents is 1. The number of hydrazone groups is 1. The lowest BCUT2D eigenvalue weighted by Gasteiger charge is -2.10. The van der Waals surface area contributed by atoms with Gasteiger partial charge in [0.15, 0.2) is 0 Å². The van der Waals surface area contributed by atoms with Gasteiger partial charge in [0.05, 0.1) is 21.6 Å². The molecule has 0 aliphatic carbocycles. The number of carboxylic acid groups (broad SMARTS) is 1. The van der Waals surface area contributed by atoms with Crippen LogP contribution in [0.1, 0.15) is 31.2 Å². The van der Waals surface area contributed by atoms with Crippen LogP contribution in [0.4, 0.5) is 5.69 Å². The van der Waals surface area contributed by atoms with Crippen LogP contribution < -0.4 is 10.2 Å². The second kappa shape index (κ2) is 10.5. The number of nitro groups is 1. The number of hydrogen-bond donors (Lipinski definition) is 2. The Bertz CT molecular complexity index is 1470. The van der Waals surface area contributed by atoms with Crippen LogP contribution in [-0.4, -0.2) is 28.1 Å². The van der Waals surface area contributed by atoms with E-state index in [1.807, 2.05) is 0 Å². The maximum absolute atomic E-state index is 12.5. The van der Waals surface area contributed by atoms with Crippen molar-refractivity contribution in [2.24, 2.45) is 5.10 Å². The second-order valence-corrected chi connectivity index (χ2v) is 9.26. The standard InChI is InChI=1S/C24H16BrN3O6S/c25-18-5-7-20(34-13-14-1-3-15(4-2-14)24(30)31)17(9-18)12-26-27-23(29)22-11-16-10-19(28(32)33)6-8-21(16)35-22/h1-12H,13H2,(H,27,29)(H,30,31)/b26-12-. The Labute approximate surface area is 210 Å². The smallest absolute Gasteiger partial charge is 0.335 e. The molecule has 0 fully saturated rings. The summed E-state index contributed by atoms with van der Waals surface area (Å²) in [5, 5.41) is 24.6. The molecule has 0 saturated heterocycles. The zero-order valence-corrected chi connectivity index (χ0v) is 20.2. The van der Waals surface area contributed by atoms with Crippen LogP contribution in [0, 0.1) is 10.1 Å². The number of aromatic carboxylic acids is 1. The lowest BCUT2D eigenvalue weighted by atomic mass is 10.1. The maximum Gasteiger partial charge on any atom is 0.335 e. The Balaban J connectivity index is 1.44. The van der Waals surface area contributed by atoms with Gasteiger partial charge in [-0.25, -0.2) is 10.2 Å². The van der Waals surface area contributed by atoms with Gasteiger partial charge in [-0.1, -0.05) is 28.1 Å². The van der Waals surface area contributed by atoms with E-state index in [-0.39, 0.29) is 17.9 Å². The fourth-order valence-electron chi connectivity index (χ4n) is 3.13. The number of nitrogens with one attached hydrogen (secondary N) is 1. The highest BCUT2D eigenvalue weighted by molar-refractivity contribution is 9.10. The molecule has 35 heavy (non-hydrogen) atoms. The van der Waals surface area contributed by atoms with E-state index >= 15 is 0 Å². The Morgan fingerprint density at radius 2 is 1.89 bits per heavy atom. The number of halogens is 1. The molecule has 0 atom stereocenters. The van der Waals surface area contributed by atoms with Crippen molar-refractivity contribution in [1.82, 2.24) is 5.43 Å². The van der Waals surface area contributed by atoms with Gasteiger partial charge in [0.25, 0.3) is 11.6 Å². The van der Waals surface area contributed by atoms with Gasteiger partial charge in [0.2, 0.25) is 0 Å². The first-order chi connectivity index (χ1) is 16.8. The average Bonchev–Trinajstić information content (AvgIpc) is 3.27. The van der Waals surface area contributed by atoms with Crippen LogP contribution in [0.25, 0.3) is 10.1 Å². The lowest BCUT2D eigenvalue weighted by Crippen LogP contribution is -2.16. The number of carbonyl (C=O) groups is 2. The summed E-state index contributed by atoms with van der Waals surface area (Å²) in [6.07, 6.45) is 1.45. The number of rotatable bonds is 8. The number of benzene rings is 3. The predicted molar refractivity (Wildman–Crippen MR) is 135 cm³/mol. The minimum absolute atomic E-state index is 0.0414. The Morgan fingerprint density at radius 1 is 1.11 bits per heavy atom. The number of fused-ring (bicyclic) bond motifs is 1. The summed E-state index contributed by atoms with van der Waals surface area (Å²) in [6, 6.07) is 17.7. The summed E-state index contributed by atoms with van der Waals surface area (Å²) in [4.78, 5) is 34.4. The number of carboxylic acids is 1. The highest BCUT2D eigenvalue weighted by Crippen LogP contribution is 2.29. The van der Waals surface area contributed by atoms with Crippen molar-refractivity contribution in [3.05, 3.63) is 103 Å². The van der Waals surface area contributed by atoms with Crippen LogP contribution in [0.3, 0.4) is 0 Å². The summed E-state index contributed by atoms with van der Waals surface area (Å²) >= 11 is 4.61. The Kier molecular flexibility index (Phi) is 7.18. The van der Waals surface area contributed by atoms with Crippen molar-refractivity contribution in [3.8, 4) is 5.75 Å². The molecule has 2 N–H and O–H groups in total. The third kappa shape index (κ3) is 5.89. The molecule has 1 amide bonds. The summed E-state index contributed by atoms with van der Waals surface area (Å²) in [5.41, 5.74) is 4.01. The molecule has 176 valence electrons. The zero-order chi connectivity index (χ0) is 24.9. The fourth-order valence-corrected chi connectivity index (χ4v) is 4.44. The van der Waals surface area contributed by atoms with E-state index in [0.29, 0.717) is 21.6 Å². The average molecular weight is 554 g/mol. The predicted octanol–water partition coefficient (Wildman–Crippen LogP) is 5.61. The minimum Gasteiger partial charge on any atom is -0.488 e. The summed E-state index contributed by atoms with van der Waals surface area (Å²) in [7, 11) is 0. The van der Waals surface area contributed by atoms with E-state index in [1.165, 1.54) is 41.8 Å².